The molecule has 0 amide bonds. The zero-order valence-corrected chi connectivity index (χ0v) is 19.2. The molecule has 2 aromatic rings. The van der Waals surface area contributed by atoms with E-state index in [2.05, 4.69) is 31.7 Å². The van der Waals surface area contributed by atoms with Crippen LogP contribution in [0.1, 0.15) is 24.9 Å². The number of likely N-dealkylation sites (tertiary alicyclic amines) is 1. The van der Waals surface area contributed by atoms with E-state index in [1.165, 1.54) is 6.07 Å². The Morgan fingerprint density at radius 1 is 1.43 bits per heavy atom. The number of halogens is 1. The molecule has 0 spiro atoms. The van der Waals surface area contributed by atoms with E-state index in [-0.39, 0.29) is 28.9 Å². The van der Waals surface area contributed by atoms with Crippen LogP contribution in [0.5, 0.6) is 0 Å². The van der Waals surface area contributed by atoms with Crippen LogP contribution in [0.2, 0.25) is 0 Å². The van der Waals surface area contributed by atoms with Crippen molar-refractivity contribution in [2.24, 2.45) is 16.0 Å². The second kappa shape index (κ2) is 9.70. The van der Waals surface area contributed by atoms with E-state index < -0.39 is 10.0 Å². The Hall–Kier alpha value is -1.66. The molecule has 8 nitrogen and oxygen atoms in total. The van der Waals surface area contributed by atoms with Gasteiger partial charge in [0.05, 0.1) is 17.3 Å². The number of nitrogens with zero attached hydrogens (tertiary/aromatic N) is 4. The van der Waals surface area contributed by atoms with Gasteiger partial charge in [-0.1, -0.05) is 19.1 Å². The molecule has 3 rings (SSSR count). The van der Waals surface area contributed by atoms with Crippen molar-refractivity contribution in [3.8, 4) is 0 Å². The zero-order chi connectivity index (χ0) is 19.4. The van der Waals surface area contributed by atoms with Gasteiger partial charge in [0.2, 0.25) is 10.0 Å². The molecule has 2 atom stereocenters. The average molecular weight is 518 g/mol. The number of nitrogens with one attached hydrogen (secondary N) is 1. The Morgan fingerprint density at radius 3 is 2.86 bits per heavy atom. The lowest BCUT2D eigenvalue weighted by Gasteiger charge is -2.39. The molecule has 2 heterocycles. The maximum absolute atomic E-state index is 11.5. The van der Waals surface area contributed by atoms with Crippen molar-refractivity contribution in [2.45, 2.75) is 30.8 Å². The van der Waals surface area contributed by atoms with Crippen molar-refractivity contribution in [3.05, 3.63) is 48.5 Å². The van der Waals surface area contributed by atoms with Crippen molar-refractivity contribution in [1.82, 2.24) is 19.8 Å². The number of guanidine groups is 1. The topological polar surface area (TPSA) is 106 Å². The molecule has 2 unspecified atom stereocenters. The number of hydrogen-bond acceptors (Lipinski definition) is 4. The molecular weight excluding hydrogens is 491 g/mol. The number of nitrogens with two attached hydrogens (primary N) is 1. The van der Waals surface area contributed by atoms with Gasteiger partial charge >= 0.3 is 0 Å². The van der Waals surface area contributed by atoms with Gasteiger partial charge in [-0.3, -0.25) is 4.99 Å². The van der Waals surface area contributed by atoms with Gasteiger partial charge in [-0.15, -0.1) is 24.0 Å². The van der Waals surface area contributed by atoms with Gasteiger partial charge in [0, 0.05) is 39.1 Å². The molecule has 1 fully saturated rings. The molecule has 3 N–H and O–H groups in total. The minimum Gasteiger partial charge on any atom is -0.352 e. The summed E-state index contributed by atoms with van der Waals surface area (Å²) in [6, 6.07) is 6.97. The summed E-state index contributed by atoms with van der Waals surface area (Å²) in [6.45, 7) is 4.49. The summed E-state index contributed by atoms with van der Waals surface area (Å²) < 4.78 is 25.2. The van der Waals surface area contributed by atoms with E-state index in [9.17, 15) is 8.42 Å². The third kappa shape index (κ3) is 5.45. The lowest BCUT2D eigenvalue weighted by atomic mass is 9.93. The highest BCUT2D eigenvalue weighted by molar-refractivity contribution is 14.0. The van der Waals surface area contributed by atoms with Gasteiger partial charge < -0.3 is 14.8 Å². The van der Waals surface area contributed by atoms with Crippen LogP contribution in [0.25, 0.3) is 0 Å². The number of sulfonamides is 1. The Kier molecular flexibility index (Phi) is 7.84. The fourth-order valence-electron chi connectivity index (χ4n) is 3.44. The second-order valence-corrected chi connectivity index (χ2v) is 8.44. The maximum Gasteiger partial charge on any atom is 0.238 e. The Morgan fingerprint density at radius 2 is 2.21 bits per heavy atom. The molecular formula is C18H27IN6O2S. The molecule has 1 aliphatic rings. The minimum absolute atomic E-state index is 0. The molecule has 0 aliphatic carbocycles. The van der Waals surface area contributed by atoms with Crippen LogP contribution in [0, 0.1) is 5.92 Å². The Labute approximate surface area is 183 Å². The number of benzene rings is 1. The Bertz CT molecular complexity index is 901. The summed E-state index contributed by atoms with van der Waals surface area (Å²) in [5, 5.41) is 8.54. The molecule has 0 bridgehead atoms. The molecule has 0 saturated carbocycles. The third-order valence-corrected chi connectivity index (χ3v) is 5.93. The van der Waals surface area contributed by atoms with E-state index in [0.29, 0.717) is 18.5 Å². The van der Waals surface area contributed by atoms with Crippen molar-refractivity contribution < 1.29 is 8.42 Å². The van der Waals surface area contributed by atoms with Crippen LogP contribution in [-0.4, -0.2) is 49.0 Å². The molecule has 28 heavy (non-hydrogen) atoms. The van der Waals surface area contributed by atoms with Crippen molar-refractivity contribution in [1.29, 1.82) is 0 Å². The Balaban J connectivity index is 0.00000280. The summed E-state index contributed by atoms with van der Waals surface area (Å²) in [5.74, 6) is 1.35. The SMILES string of the molecule is CN=C(NCc1cccc(S(N)(=O)=O)c1)N1CCC(C)C(n2ccnc2)C1.I. The summed E-state index contributed by atoms with van der Waals surface area (Å²) >= 11 is 0. The van der Waals surface area contributed by atoms with Gasteiger partial charge in [0.15, 0.2) is 5.96 Å². The highest BCUT2D eigenvalue weighted by atomic mass is 127. The van der Waals surface area contributed by atoms with Crippen LogP contribution in [0.3, 0.4) is 0 Å². The number of primary sulfonamides is 1. The molecule has 10 heteroatoms. The molecule has 154 valence electrons. The van der Waals surface area contributed by atoms with Crippen molar-refractivity contribution in [3.63, 3.8) is 0 Å². The first-order chi connectivity index (χ1) is 12.9. The normalized spacial score (nSPS) is 20.5. The van der Waals surface area contributed by atoms with Gasteiger partial charge in [-0.2, -0.15) is 0 Å². The van der Waals surface area contributed by atoms with Crippen LogP contribution >= 0.6 is 24.0 Å². The smallest absolute Gasteiger partial charge is 0.238 e. The lowest BCUT2D eigenvalue weighted by Crippen LogP contribution is -2.48. The fourth-order valence-corrected chi connectivity index (χ4v) is 4.02. The standard InChI is InChI=1S/C18H26N6O2S.HI/c1-14-6-8-23(12-17(14)24-9-7-21-13-24)18(20-2)22-11-15-4-3-5-16(10-15)27(19,25)26;/h3-5,7,9-10,13-14,17H,6,8,11-12H2,1-2H3,(H,20,22)(H2,19,25,26);1H. The molecule has 1 saturated heterocycles. The number of aliphatic imine (C=N–C) groups is 1. The van der Waals surface area contributed by atoms with Gasteiger partial charge in [0.25, 0.3) is 0 Å². The van der Waals surface area contributed by atoms with Crippen LogP contribution < -0.4 is 10.5 Å². The fraction of sp³-hybridized carbons (Fsp3) is 0.444. The lowest BCUT2D eigenvalue weighted by molar-refractivity contribution is 0.189. The summed E-state index contributed by atoms with van der Waals surface area (Å²) in [6.07, 6.45) is 6.72. The van der Waals surface area contributed by atoms with Crippen LogP contribution in [-0.2, 0) is 16.6 Å². The van der Waals surface area contributed by atoms with E-state index in [1.54, 1.807) is 25.4 Å². The molecule has 0 radical (unpaired) electrons. The first kappa shape index (κ1) is 22.6. The summed E-state index contributed by atoms with van der Waals surface area (Å²) in [5.41, 5.74) is 0.833. The molecule has 1 aromatic heterocycles. The first-order valence-corrected chi connectivity index (χ1v) is 10.5. The number of aromatic nitrogens is 2. The van der Waals surface area contributed by atoms with Gasteiger partial charge in [-0.05, 0) is 30.0 Å². The third-order valence-electron chi connectivity index (χ3n) is 5.02. The maximum atomic E-state index is 11.5. The predicted octanol–water partition coefficient (Wildman–Crippen LogP) is 1.81. The largest absolute Gasteiger partial charge is 0.352 e. The zero-order valence-electron chi connectivity index (χ0n) is 16.0. The van der Waals surface area contributed by atoms with Crippen molar-refractivity contribution in [2.75, 3.05) is 20.1 Å². The highest BCUT2D eigenvalue weighted by Crippen LogP contribution is 2.27. The van der Waals surface area contributed by atoms with E-state index >= 15 is 0 Å². The first-order valence-electron chi connectivity index (χ1n) is 8.93. The van der Waals surface area contributed by atoms with Crippen LogP contribution in [0.15, 0.2) is 52.9 Å². The molecule has 1 aromatic carbocycles. The summed E-state index contributed by atoms with van der Waals surface area (Å²) in [7, 11) is -1.95. The highest BCUT2D eigenvalue weighted by Gasteiger charge is 2.28. The number of imidazole rings is 1. The van der Waals surface area contributed by atoms with Gasteiger partial charge in [-0.25, -0.2) is 18.5 Å². The number of hydrogen-bond donors (Lipinski definition) is 2. The summed E-state index contributed by atoms with van der Waals surface area (Å²) in [4.78, 5) is 10.9. The van der Waals surface area contributed by atoms with E-state index in [0.717, 1.165) is 31.0 Å². The second-order valence-electron chi connectivity index (χ2n) is 6.88. The van der Waals surface area contributed by atoms with Crippen molar-refractivity contribution >= 4 is 40.0 Å². The minimum atomic E-state index is -3.71. The van der Waals surface area contributed by atoms with Gasteiger partial charge in [0.1, 0.15) is 0 Å². The number of piperidine rings is 1. The van der Waals surface area contributed by atoms with E-state index in [1.807, 2.05) is 18.6 Å². The monoisotopic (exact) mass is 518 g/mol. The predicted molar refractivity (Wildman–Crippen MR) is 120 cm³/mol. The van der Waals surface area contributed by atoms with Crippen LogP contribution in [0.4, 0.5) is 0 Å². The average Bonchev–Trinajstić information content (AvgIpc) is 3.17. The van der Waals surface area contributed by atoms with E-state index in [4.69, 9.17) is 5.14 Å². The quantitative estimate of drug-likeness (QED) is 0.365. The number of rotatable bonds is 4. The molecule has 1 aliphatic heterocycles.